The van der Waals surface area contributed by atoms with Crippen molar-refractivity contribution in [1.29, 1.82) is 0 Å². The summed E-state index contributed by atoms with van der Waals surface area (Å²) in [7, 11) is 1.66. The van der Waals surface area contributed by atoms with Crippen LogP contribution in [0.15, 0.2) is 24.3 Å². The number of rotatable bonds is 13. The van der Waals surface area contributed by atoms with Crippen molar-refractivity contribution in [1.82, 2.24) is 0 Å². The highest BCUT2D eigenvalue weighted by atomic mass is 35.5. The van der Waals surface area contributed by atoms with E-state index in [9.17, 15) is 0 Å². The Morgan fingerprint density at radius 2 is 1.81 bits per heavy atom. The zero-order chi connectivity index (χ0) is 15.2. The number of anilines is 1. The number of alkyl halides is 1. The normalized spacial score (nSPS) is 10.8. The highest BCUT2D eigenvalue weighted by Gasteiger charge is 1.96. The monoisotopic (exact) mass is 315 g/mol. The van der Waals surface area contributed by atoms with Crippen LogP contribution in [0.1, 0.15) is 12.0 Å². The summed E-state index contributed by atoms with van der Waals surface area (Å²) in [6.45, 7) is 3.92. The van der Waals surface area contributed by atoms with Crippen LogP contribution < -0.4 is 5.32 Å². The molecule has 4 nitrogen and oxygen atoms in total. The molecule has 5 heteroatoms. The Morgan fingerprint density at radius 1 is 1.05 bits per heavy atom. The first-order chi connectivity index (χ1) is 10.4. The molecule has 0 fully saturated rings. The van der Waals surface area contributed by atoms with E-state index in [2.05, 4.69) is 29.6 Å². The average molecular weight is 316 g/mol. The van der Waals surface area contributed by atoms with Crippen LogP contribution in [0.3, 0.4) is 0 Å². The molecule has 0 aliphatic heterocycles. The van der Waals surface area contributed by atoms with Gasteiger partial charge in [0.1, 0.15) is 0 Å². The van der Waals surface area contributed by atoms with Gasteiger partial charge in [-0.25, -0.2) is 0 Å². The average Bonchev–Trinajstić information content (AvgIpc) is 2.52. The second-order valence-electron chi connectivity index (χ2n) is 4.64. The molecule has 0 atom stereocenters. The molecule has 0 saturated heterocycles. The summed E-state index contributed by atoms with van der Waals surface area (Å²) in [6.07, 6.45) is 2.03. The molecule has 1 N–H and O–H groups in total. The first-order valence-corrected chi connectivity index (χ1v) is 7.93. The first kappa shape index (κ1) is 18.2. The van der Waals surface area contributed by atoms with E-state index in [1.54, 1.807) is 7.11 Å². The van der Waals surface area contributed by atoms with Crippen LogP contribution in [0.2, 0.25) is 0 Å². The van der Waals surface area contributed by atoms with Crippen molar-refractivity contribution in [2.24, 2.45) is 0 Å². The third-order valence-electron chi connectivity index (χ3n) is 2.91. The molecule has 1 rings (SSSR count). The van der Waals surface area contributed by atoms with Crippen molar-refractivity contribution in [2.75, 3.05) is 57.9 Å². The number of nitrogens with one attached hydrogen (secondary N) is 1. The summed E-state index contributed by atoms with van der Waals surface area (Å²) in [5.41, 5.74) is 2.44. The molecule has 0 bridgehead atoms. The summed E-state index contributed by atoms with van der Waals surface area (Å²) in [5, 5.41) is 3.35. The Kier molecular flexibility index (Phi) is 11.2. The van der Waals surface area contributed by atoms with Gasteiger partial charge in [0, 0.05) is 25.2 Å². The summed E-state index contributed by atoms with van der Waals surface area (Å²) in [4.78, 5) is 0. The van der Waals surface area contributed by atoms with E-state index in [-0.39, 0.29) is 0 Å². The smallest absolute Gasteiger partial charge is 0.0701 e. The number of benzene rings is 1. The quantitative estimate of drug-likeness (QED) is 0.449. The maximum atomic E-state index is 5.71. The van der Waals surface area contributed by atoms with Crippen LogP contribution in [0.25, 0.3) is 0 Å². The summed E-state index contributed by atoms with van der Waals surface area (Å²) >= 11 is 5.71. The van der Waals surface area contributed by atoms with Gasteiger partial charge in [-0.2, -0.15) is 0 Å². The molecule has 0 spiro atoms. The lowest BCUT2D eigenvalue weighted by molar-refractivity contribution is 0.0272. The van der Waals surface area contributed by atoms with Gasteiger partial charge in [0.2, 0.25) is 0 Å². The molecule has 120 valence electrons. The second kappa shape index (κ2) is 12.9. The van der Waals surface area contributed by atoms with E-state index in [1.165, 1.54) is 5.56 Å². The van der Waals surface area contributed by atoms with Crippen molar-refractivity contribution >= 4 is 17.3 Å². The predicted molar refractivity (Wildman–Crippen MR) is 87.5 cm³/mol. The molecule has 0 aliphatic rings. The number of ether oxygens (including phenoxy) is 3. The van der Waals surface area contributed by atoms with Crippen LogP contribution in [0.5, 0.6) is 0 Å². The van der Waals surface area contributed by atoms with Gasteiger partial charge >= 0.3 is 0 Å². The van der Waals surface area contributed by atoms with Gasteiger partial charge in [-0.1, -0.05) is 12.1 Å². The fourth-order valence-electron chi connectivity index (χ4n) is 1.84. The molecule has 21 heavy (non-hydrogen) atoms. The second-order valence-corrected chi connectivity index (χ2v) is 5.02. The molecular formula is C16H26ClNO3. The van der Waals surface area contributed by atoms with Crippen molar-refractivity contribution in [2.45, 2.75) is 12.8 Å². The van der Waals surface area contributed by atoms with Gasteiger partial charge in [0.05, 0.1) is 33.0 Å². The van der Waals surface area contributed by atoms with Gasteiger partial charge in [-0.15, -0.1) is 11.6 Å². The Labute approximate surface area is 132 Å². The fourth-order valence-corrected chi connectivity index (χ4v) is 1.97. The standard InChI is InChI=1S/C16H26ClNO3/c1-19-10-11-21-13-12-20-9-8-18-16-6-2-4-15(14-16)5-3-7-17/h2,4,6,14,18H,3,5,7-13H2,1H3. The SMILES string of the molecule is COCCOCCOCCNc1cccc(CCCCl)c1. The third kappa shape index (κ3) is 9.69. The lowest BCUT2D eigenvalue weighted by Gasteiger charge is -2.09. The van der Waals surface area contributed by atoms with Gasteiger partial charge in [-0.3, -0.25) is 0 Å². The zero-order valence-corrected chi connectivity index (χ0v) is 13.5. The zero-order valence-electron chi connectivity index (χ0n) is 12.8. The Bertz CT molecular complexity index is 363. The van der Waals surface area contributed by atoms with Crippen LogP contribution >= 0.6 is 11.6 Å². The molecule has 0 aromatic heterocycles. The minimum Gasteiger partial charge on any atom is -0.383 e. The van der Waals surface area contributed by atoms with E-state index in [4.69, 9.17) is 25.8 Å². The maximum absolute atomic E-state index is 5.71. The minimum atomic E-state index is 0.608. The fraction of sp³-hybridized carbons (Fsp3) is 0.625. The van der Waals surface area contributed by atoms with E-state index >= 15 is 0 Å². The summed E-state index contributed by atoms with van der Waals surface area (Å²) in [6, 6.07) is 8.43. The highest BCUT2D eigenvalue weighted by Crippen LogP contribution is 2.12. The molecule has 0 aliphatic carbocycles. The molecular weight excluding hydrogens is 290 g/mol. The number of hydrogen-bond donors (Lipinski definition) is 1. The van der Waals surface area contributed by atoms with Crippen LogP contribution in [-0.2, 0) is 20.6 Å². The molecule has 1 aromatic carbocycles. The maximum Gasteiger partial charge on any atom is 0.0701 e. The van der Waals surface area contributed by atoms with E-state index < -0.39 is 0 Å². The highest BCUT2D eigenvalue weighted by molar-refractivity contribution is 6.17. The third-order valence-corrected chi connectivity index (χ3v) is 3.17. The van der Waals surface area contributed by atoms with Gasteiger partial charge in [0.25, 0.3) is 0 Å². The Balaban J connectivity index is 2.04. The van der Waals surface area contributed by atoms with Gasteiger partial charge in [-0.05, 0) is 30.5 Å². The van der Waals surface area contributed by atoms with Crippen LogP contribution in [-0.4, -0.2) is 52.6 Å². The van der Waals surface area contributed by atoms with Crippen molar-refractivity contribution < 1.29 is 14.2 Å². The largest absolute Gasteiger partial charge is 0.383 e. The lowest BCUT2D eigenvalue weighted by Crippen LogP contribution is -2.13. The van der Waals surface area contributed by atoms with Crippen molar-refractivity contribution in [3.8, 4) is 0 Å². The summed E-state index contributed by atoms with van der Waals surface area (Å²) in [5.74, 6) is 0.706. The molecule has 0 amide bonds. The molecule has 0 unspecified atom stereocenters. The topological polar surface area (TPSA) is 39.7 Å². The first-order valence-electron chi connectivity index (χ1n) is 7.40. The van der Waals surface area contributed by atoms with E-state index in [0.717, 1.165) is 25.1 Å². The lowest BCUT2D eigenvalue weighted by atomic mass is 10.1. The molecule has 0 heterocycles. The van der Waals surface area contributed by atoms with Crippen molar-refractivity contribution in [3.05, 3.63) is 29.8 Å². The van der Waals surface area contributed by atoms with E-state index in [0.29, 0.717) is 38.9 Å². The number of halogens is 1. The Morgan fingerprint density at radius 3 is 2.57 bits per heavy atom. The number of aryl methyl sites for hydroxylation is 1. The summed E-state index contributed by atoms with van der Waals surface area (Å²) < 4.78 is 15.7. The van der Waals surface area contributed by atoms with Crippen LogP contribution in [0.4, 0.5) is 5.69 Å². The van der Waals surface area contributed by atoms with Crippen LogP contribution in [0, 0.1) is 0 Å². The van der Waals surface area contributed by atoms with Crippen molar-refractivity contribution in [3.63, 3.8) is 0 Å². The molecule has 0 radical (unpaired) electrons. The predicted octanol–water partition coefficient (Wildman–Crippen LogP) is 2.95. The van der Waals surface area contributed by atoms with E-state index in [1.807, 2.05) is 0 Å². The molecule has 0 saturated carbocycles. The minimum absolute atomic E-state index is 0.608. The number of methoxy groups -OCH3 is 1. The molecule has 1 aromatic rings. The Hall–Kier alpha value is -0.810. The van der Waals surface area contributed by atoms with Gasteiger partial charge in [0.15, 0.2) is 0 Å². The number of hydrogen-bond acceptors (Lipinski definition) is 4. The van der Waals surface area contributed by atoms with Gasteiger partial charge < -0.3 is 19.5 Å².